The normalized spacial score (nSPS) is 12.9. The molecule has 10 heteroatoms. The van der Waals surface area contributed by atoms with Gasteiger partial charge < -0.3 is 29.8 Å². The molecule has 1 aliphatic heterocycles. The Morgan fingerprint density at radius 2 is 1.97 bits per heavy atom. The Balaban J connectivity index is 1.33. The van der Waals surface area contributed by atoms with Gasteiger partial charge in [0.05, 0.1) is 18.2 Å². The second kappa shape index (κ2) is 9.43. The van der Waals surface area contributed by atoms with Crippen molar-refractivity contribution in [3.63, 3.8) is 0 Å². The number of fused-ring (bicyclic) bond motifs is 1. The maximum absolute atomic E-state index is 13.2. The van der Waals surface area contributed by atoms with Crippen molar-refractivity contribution in [1.29, 1.82) is 0 Å². The summed E-state index contributed by atoms with van der Waals surface area (Å²) in [6, 6.07) is 12.1. The van der Waals surface area contributed by atoms with Crippen LogP contribution in [0.5, 0.6) is 11.5 Å². The first kappa shape index (κ1) is 22.4. The fourth-order valence-electron chi connectivity index (χ4n) is 3.69. The van der Waals surface area contributed by atoms with Gasteiger partial charge in [-0.1, -0.05) is 12.1 Å². The SMILES string of the molecule is Cc1cnc(Nc2ccc3c(c2)OCO3)nc1-n1ccc(C(=O)NC(CO)c2ccc(F)cc2)c1. The molecule has 3 heterocycles. The molecular formula is C25H22FN5O4. The van der Waals surface area contributed by atoms with Crippen molar-refractivity contribution in [2.45, 2.75) is 13.0 Å². The van der Waals surface area contributed by atoms with Crippen molar-refractivity contribution in [2.75, 3.05) is 18.7 Å². The minimum absolute atomic E-state index is 0.191. The standard InChI is InChI=1S/C25H22FN5O4/c1-15-11-27-25(28-19-6-7-21-22(10-19)35-14-34-21)30-23(15)31-9-8-17(12-31)24(33)29-20(13-32)16-2-4-18(26)5-3-16/h2-12,20,32H,13-14H2,1H3,(H,29,33)(H,27,28,30). The summed E-state index contributed by atoms with van der Waals surface area (Å²) in [5.41, 5.74) is 2.54. The van der Waals surface area contributed by atoms with Gasteiger partial charge in [0.2, 0.25) is 12.7 Å². The summed E-state index contributed by atoms with van der Waals surface area (Å²) in [5, 5.41) is 15.6. The van der Waals surface area contributed by atoms with Gasteiger partial charge in [0, 0.05) is 35.9 Å². The lowest BCUT2D eigenvalue weighted by molar-refractivity contribution is 0.0916. The van der Waals surface area contributed by atoms with Crippen LogP contribution >= 0.6 is 0 Å². The first-order valence-corrected chi connectivity index (χ1v) is 10.9. The average Bonchev–Trinajstić information content (AvgIpc) is 3.54. The highest BCUT2D eigenvalue weighted by Crippen LogP contribution is 2.34. The van der Waals surface area contributed by atoms with Crippen molar-refractivity contribution in [1.82, 2.24) is 19.9 Å². The molecule has 9 nitrogen and oxygen atoms in total. The van der Waals surface area contributed by atoms with E-state index >= 15 is 0 Å². The monoisotopic (exact) mass is 475 g/mol. The molecule has 0 aliphatic carbocycles. The van der Waals surface area contributed by atoms with E-state index in [4.69, 9.17) is 9.47 Å². The Hall–Kier alpha value is -4.44. The molecule has 1 aliphatic rings. The fraction of sp³-hybridized carbons (Fsp3) is 0.160. The molecule has 0 radical (unpaired) electrons. The zero-order chi connectivity index (χ0) is 24.4. The Bertz CT molecular complexity index is 1370. The average molecular weight is 475 g/mol. The van der Waals surface area contributed by atoms with Crippen LogP contribution < -0.4 is 20.1 Å². The smallest absolute Gasteiger partial charge is 0.253 e. The first-order chi connectivity index (χ1) is 17.0. The van der Waals surface area contributed by atoms with E-state index < -0.39 is 6.04 Å². The summed E-state index contributed by atoms with van der Waals surface area (Å²) in [6.45, 7) is 1.74. The van der Waals surface area contributed by atoms with Gasteiger partial charge >= 0.3 is 0 Å². The lowest BCUT2D eigenvalue weighted by atomic mass is 10.1. The molecule has 178 valence electrons. The lowest BCUT2D eigenvalue weighted by Crippen LogP contribution is -2.30. The minimum Gasteiger partial charge on any atom is -0.454 e. The van der Waals surface area contributed by atoms with E-state index in [1.807, 2.05) is 25.1 Å². The van der Waals surface area contributed by atoms with Crippen molar-refractivity contribution in [3.05, 3.63) is 89.6 Å². The number of nitrogens with zero attached hydrogens (tertiary/aromatic N) is 3. The molecule has 1 unspecified atom stereocenters. The zero-order valence-corrected chi connectivity index (χ0v) is 18.7. The summed E-state index contributed by atoms with van der Waals surface area (Å²) in [7, 11) is 0. The van der Waals surface area contributed by atoms with Gasteiger partial charge in [-0.15, -0.1) is 0 Å². The van der Waals surface area contributed by atoms with E-state index in [2.05, 4.69) is 20.6 Å². The number of aliphatic hydroxyl groups excluding tert-OH is 1. The zero-order valence-electron chi connectivity index (χ0n) is 18.7. The van der Waals surface area contributed by atoms with Gasteiger partial charge in [-0.05, 0) is 42.8 Å². The fourth-order valence-corrected chi connectivity index (χ4v) is 3.69. The number of ether oxygens (including phenoxy) is 2. The lowest BCUT2D eigenvalue weighted by Gasteiger charge is -2.16. The highest BCUT2D eigenvalue weighted by molar-refractivity contribution is 5.94. The summed E-state index contributed by atoms with van der Waals surface area (Å²) >= 11 is 0. The quantitative estimate of drug-likeness (QED) is 0.374. The number of amides is 1. The van der Waals surface area contributed by atoms with E-state index in [1.165, 1.54) is 24.3 Å². The molecule has 5 rings (SSSR count). The molecule has 4 aromatic rings. The number of rotatable bonds is 7. The van der Waals surface area contributed by atoms with Crippen LogP contribution in [0.3, 0.4) is 0 Å². The molecule has 0 bridgehead atoms. The third-order valence-electron chi connectivity index (χ3n) is 5.53. The number of halogens is 1. The van der Waals surface area contributed by atoms with E-state index in [0.29, 0.717) is 34.4 Å². The number of benzene rings is 2. The maximum atomic E-state index is 13.2. The topological polar surface area (TPSA) is 111 Å². The number of aromatic nitrogens is 3. The van der Waals surface area contributed by atoms with Crippen LogP contribution in [0.1, 0.15) is 27.5 Å². The van der Waals surface area contributed by atoms with Crippen molar-refractivity contribution in [2.24, 2.45) is 0 Å². The predicted molar refractivity (Wildman–Crippen MR) is 126 cm³/mol. The van der Waals surface area contributed by atoms with E-state index in [0.717, 1.165) is 11.3 Å². The number of aliphatic hydroxyl groups is 1. The molecule has 0 fully saturated rings. The molecule has 2 aromatic heterocycles. The van der Waals surface area contributed by atoms with Gasteiger partial charge in [0.25, 0.3) is 5.91 Å². The van der Waals surface area contributed by atoms with Gasteiger partial charge in [-0.2, -0.15) is 4.98 Å². The summed E-state index contributed by atoms with van der Waals surface area (Å²) in [6.07, 6.45) is 5.06. The van der Waals surface area contributed by atoms with Gasteiger partial charge in [0.15, 0.2) is 11.5 Å². The van der Waals surface area contributed by atoms with Crippen molar-refractivity contribution >= 4 is 17.5 Å². The van der Waals surface area contributed by atoms with E-state index in [-0.39, 0.29) is 25.1 Å². The molecule has 2 aromatic carbocycles. The minimum atomic E-state index is -0.662. The van der Waals surface area contributed by atoms with Crippen LogP contribution in [0.2, 0.25) is 0 Å². The van der Waals surface area contributed by atoms with Gasteiger partial charge in [-0.3, -0.25) is 4.79 Å². The highest BCUT2D eigenvalue weighted by Gasteiger charge is 2.18. The molecule has 0 spiro atoms. The van der Waals surface area contributed by atoms with E-state index in [9.17, 15) is 14.3 Å². The van der Waals surface area contributed by atoms with Crippen LogP contribution in [0.4, 0.5) is 16.0 Å². The summed E-state index contributed by atoms with van der Waals surface area (Å²) < 4.78 is 25.7. The van der Waals surface area contributed by atoms with E-state index in [1.54, 1.807) is 29.2 Å². The largest absolute Gasteiger partial charge is 0.454 e. The van der Waals surface area contributed by atoms with Crippen LogP contribution in [0.15, 0.2) is 67.1 Å². The molecule has 0 saturated heterocycles. The van der Waals surface area contributed by atoms with Crippen LogP contribution in [0, 0.1) is 12.7 Å². The summed E-state index contributed by atoms with van der Waals surface area (Å²) in [5.74, 6) is 1.53. The number of carbonyl (C=O) groups excluding carboxylic acids is 1. The summed E-state index contributed by atoms with van der Waals surface area (Å²) in [4.78, 5) is 21.8. The third kappa shape index (κ3) is 4.78. The first-order valence-electron chi connectivity index (χ1n) is 10.9. The highest BCUT2D eigenvalue weighted by atomic mass is 19.1. The Labute approximate surface area is 200 Å². The molecule has 1 atom stereocenters. The van der Waals surface area contributed by atoms with Crippen LogP contribution in [-0.2, 0) is 0 Å². The molecular weight excluding hydrogens is 453 g/mol. The number of nitrogens with one attached hydrogen (secondary N) is 2. The van der Waals surface area contributed by atoms with Crippen LogP contribution in [0.25, 0.3) is 5.82 Å². The number of hydrogen-bond donors (Lipinski definition) is 3. The van der Waals surface area contributed by atoms with Crippen molar-refractivity contribution in [3.8, 4) is 17.3 Å². The Morgan fingerprint density at radius 1 is 1.17 bits per heavy atom. The van der Waals surface area contributed by atoms with Gasteiger partial charge in [-0.25, -0.2) is 9.37 Å². The second-order valence-corrected chi connectivity index (χ2v) is 7.96. The number of hydrogen-bond acceptors (Lipinski definition) is 7. The Morgan fingerprint density at radius 3 is 2.77 bits per heavy atom. The number of aryl methyl sites for hydroxylation is 1. The van der Waals surface area contributed by atoms with Gasteiger partial charge in [0.1, 0.15) is 11.6 Å². The van der Waals surface area contributed by atoms with Crippen LogP contribution in [-0.4, -0.2) is 38.9 Å². The number of carbonyl (C=O) groups is 1. The Kier molecular flexibility index (Phi) is 6.02. The molecule has 3 N–H and O–H groups in total. The molecule has 1 amide bonds. The molecule has 0 saturated carbocycles. The number of anilines is 2. The maximum Gasteiger partial charge on any atom is 0.253 e. The third-order valence-corrected chi connectivity index (χ3v) is 5.53. The predicted octanol–water partition coefficient (Wildman–Crippen LogP) is 3.65. The second-order valence-electron chi connectivity index (χ2n) is 7.96. The van der Waals surface area contributed by atoms with Crippen molar-refractivity contribution < 1.29 is 23.8 Å². The molecule has 35 heavy (non-hydrogen) atoms.